The van der Waals surface area contributed by atoms with Gasteiger partial charge < -0.3 is 4.90 Å². The van der Waals surface area contributed by atoms with Gasteiger partial charge in [0, 0.05) is 12.7 Å². The molecule has 3 rings (SSSR count). The monoisotopic (exact) mass is 330 g/mol. The minimum atomic E-state index is -0.258. The van der Waals surface area contributed by atoms with Crippen LogP contribution < -0.4 is 0 Å². The van der Waals surface area contributed by atoms with Crippen molar-refractivity contribution in [2.45, 2.75) is 30.3 Å². The molecule has 1 aromatic heterocycles. The zero-order valence-electron chi connectivity index (χ0n) is 13.0. The van der Waals surface area contributed by atoms with Gasteiger partial charge in [0.1, 0.15) is 10.8 Å². The quantitative estimate of drug-likeness (QED) is 0.786. The number of pyridine rings is 1. The SMILES string of the molecule is CSc1ncccc1C(=O)N1CCCC[C@H]1c1cccc(F)c1. The first-order valence-electron chi connectivity index (χ1n) is 7.76. The molecule has 1 atom stereocenters. The smallest absolute Gasteiger partial charge is 0.257 e. The van der Waals surface area contributed by atoms with Crippen molar-refractivity contribution in [3.8, 4) is 0 Å². The van der Waals surface area contributed by atoms with Crippen LogP contribution in [0.4, 0.5) is 4.39 Å². The van der Waals surface area contributed by atoms with E-state index in [2.05, 4.69) is 4.98 Å². The fraction of sp³-hybridized carbons (Fsp3) is 0.333. The molecule has 2 heterocycles. The van der Waals surface area contributed by atoms with E-state index in [4.69, 9.17) is 0 Å². The lowest BCUT2D eigenvalue weighted by molar-refractivity contribution is 0.0606. The highest BCUT2D eigenvalue weighted by Crippen LogP contribution is 2.33. The van der Waals surface area contributed by atoms with Gasteiger partial charge in [-0.3, -0.25) is 4.79 Å². The van der Waals surface area contributed by atoms with Gasteiger partial charge in [-0.25, -0.2) is 9.37 Å². The Morgan fingerprint density at radius 1 is 1.30 bits per heavy atom. The second kappa shape index (κ2) is 7.13. The maximum absolute atomic E-state index is 13.6. The van der Waals surface area contributed by atoms with Crippen molar-refractivity contribution < 1.29 is 9.18 Å². The molecule has 2 aromatic rings. The lowest BCUT2D eigenvalue weighted by atomic mass is 9.94. The van der Waals surface area contributed by atoms with Crippen LogP contribution in [0.3, 0.4) is 0 Å². The van der Waals surface area contributed by atoms with Crippen molar-refractivity contribution in [2.75, 3.05) is 12.8 Å². The molecule has 0 N–H and O–H groups in total. The molecule has 1 fully saturated rings. The van der Waals surface area contributed by atoms with Gasteiger partial charge in [-0.1, -0.05) is 12.1 Å². The summed E-state index contributed by atoms with van der Waals surface area (Å²) in [6.45, 7) is 0.697. The minimum Gasteiger partial charge on any atom is -0.332 e. The summed E-state index contributed by atoms with van der Waals surface area (Å²) < 4.78 is 13.6. The number of carbonyl (C=O) groups excluding carboxylic acids is 1. The zero-order chi connectivity index (χ0) is 16.2. The normalized spacial score (nSPS) is 18.0. The number of aromatic nitrogens is 1. The molecule has 5 heteroatoms. The van der Waals surface area contributed by atoms with Gasteiger partial charge in [-0.05, 0) is 55.3 Å². The van der Waals surface area contributed by atoms with Crippen molar-refractivity contribution >= 4 is 17.7 Å². The van der Waals surface area contributed by atoms with E-state index in [1.807, 2.05) is 23.3 Å². The summed E-state index contributed by atoms with van der Waals surface area (Å²) in [5, 5.41) is 0.737. The summed E-state index contributed by atoms with van der Waals surface area (Å²) in [5.41, 5.74) is 1.50. The Labute approximate surface area is 139 Å². The maximum atomic E-state index is 13.6. The van der Waals surface area contributed by atoms with E-state index >= 15 is 0 Å². The Hall–Kier alpha value is -1.88. The van der Waals surface area contributed by atoms with E-state index in [0.29, 0.717) is 12.1 Å². The third-order valence-electron chi connectivity index (χ3n) is 4.19. The van der Waals surface area contributed by atoms with Crippen molar-refractivity contribution in [1.29, 1.82) is 0 Å². The van der Waals surface area contributed by atoms with Gasteiger partial charge in [0.15, 0.2) is 0 Å². The molecular formula is C18H19FN2OS. The van der Waals surface area contributed by atoms with Crippen LogP contribution in [0.25, 0.3) is 0 Å². The number of likely N-dealkylation sites (tertiary alicyclic amines) is 1. The number of benzene rings is 1. The molecule has 1 aliphatic heterocycles. The number of piperidine rings is 1. The van der Waals surface area contributed by atoms with Gasteiger partial charge in [0.25, 0.3) is 5.91 Å². The molecule has 3 nitrogen and oxygen atoms in total. The Bertz CT molecular complexity index is 707. The van der Waals surface area contributed by atoms with Gasteiger partial charge >= 0.3 is 0 Å². The van der Waals surface area contributed by atoms with Crippen molar-refractivity contribution in [3.05, 3.63) is 59.5 Å². The van der Waals surface area contributed by atoms with E-state index in [-0.39, 0.29) is 17.8 Å². The third-order valence-corrected chi connectivity index (χ3v) is 4.90. The van der Waals surface area contributed by atoms with Gasteiger partial charge in [-0.15, -0.1) is 11.8 Å². The lowest BCUT2D eigenvalue weighted by Gasteiger charge is -2.36. The average molecular weight is 330 g/mol. The van der Waals surface area contributed by atoms with Gasteiger partial charge in [0.2, 0.25) is 0 Å². The van der Waals surface area contributed by atoms with E-state index in [9.17, 15) is 9.18 Å². The van der Waals surface area contributed by atoms with Crippen molar-refractivity contribution in [3.63, 3.8) is 0 Å². The predicted octanol–water partition coefficient (Wildman–Crippen LogP) is 4.31. The van der Waals surface area contributed by atoms with Crippen LogP contribution in [0.5, 0.6) is 0 Å². The van der Waals surface area contributed by atoms with E-state index in [1.165, 1.54) is 23.9 Å². The first-order valence-corrected chi connectivity index (χ1v) is 8.98. The lowest BCUT2D eigenvalue weighted by Crippen LogP contribution is -2.38. The predicted molar refractivity (Wildman–Crippen MR) is 90.0 cm³/mol. The molecule has 1 saturated heterocycles. The molecule has 1 amide bonds. The van der Waals surface area contributed by atoms with Crippen LogP contribution in [0.15, 0.2) is 47.6 Å². The van der Waals surface area contributed by atoms with Crippen LogP contribution in [0.1, 0.15) is 41.2 Å². The number of thioether (sulfide) groups is 1. The highest BCUT2D eigenvalue weighted by atomic mass is 32.2. The molecule has 1 aliphatic rings. The molecule has 0 bridgehead atoms. The molecule has 1 aromatic carbocycles. The number of hydrogen-bond acceptors (Lipinski definition) is 3. The second-order valence-electron chi connectivity index (χ2n) is 5.63. The highest BCUT2D eigenvalue weighted by Gasteiger charge is 2.30. The molecule has 0 saturated carbocycles. The van der Waals surface area contributed by atoms with Gasteiger partial charge in [0.05, 0.1) is 11.6 Å². The molecule has 0 radical (unpaired) electrons. The Kier molecular flexibility index (Phi) is 4.96. The number of nitrogens with zero attached hydrogens (tertiary/aromatic N) is 2. The Balaban J connectivity index is 1.93. The third kappa shape index (κ3) is 3.39. The van der Waals surface area contributed by atoms with Crippen molar-refractivity contribution in [1.82, 2.24) is 9.88 Å². The van der Waals surface area contributed by atoms with Crippen LogP contribution in [0, 0.1) is 5.82 Å². The van der Waals surface area contributed by atoms with E-state index in [0.717, 1.165) is 29.9 Å². The first-order chi connectivity index (χ1) is 11.2. The van der Waals surface area contributed by atoms with Crippen LogP contribution in [0.2, 0.25) is 0 Å². The molecular weight excluding hydrogens is 311 g/mol. The zero-order valence-corrected chi connectivity index (χ0v) is 13.9. The largest absolute Gasteiger partial charge is 0.332 e. The molecule has 0 spiro atoms. The van der Waals surface area contributed by atoms with Crippen LogP contribution >= 0.6 is 11.8 Å². The van der Waals surface area contributed by atoms with Crippen molar-refractivity contribution in [2.24, 2.45) is 0 Å². The molecule has 120 valence electrons. The fourth-order valence-electron chi connectivity index (χ4n) is 3.11. The van der Waals surface area contributed by atoms with Crippen LogP contribution in [-0.4, -0.2) is 28.6 Å². The molecule has 0 aliphatic carbocycles. The Morgan fingerprint density at radius 2 is 2.17 bits per heavy atom. The topological polar surface area (TPSA) is 33.2 Å². The second-order valence-corrected chi connectivity index (χ2v) is 6.42. The van der Waals surface area contributed by atoms with E-state index in [1.54, 1.807) is 18.3 Å². The van der Waals surface area contributed by atoms with E-state index < -0.39 is 0 Å². The number of rotatable bonds is 3. The highest BCUT2D eigenvalue weighted by molar-refractivity contribution is 7.98. The summed E-state index contributed by atoms with van der Waals surface area (Å²) in [4.78, 5) is 19.2. The minimum absolute atomic E-state index is 0.0172. The summed E-state index contributed by atoms with van der Waals surface area (Å²) >= 11 is 1.47. The standard InChI is InChI=1S/C18H19FN2OS/c1-23-17-15(8-5-10-20-17)18(22)21-11-3-2-9-16(21)13-6-4-7-14(19)12-13/h4-8,10,12,16H,2-3,9,11H2,1H3/t16-/m0/s1. The fourth-order valence-corrected chi connectivity index (χ4v) is 3.65. The number of halogens is 1. The molecule has 23 heavy (non-hydrogen) atoms. The summed E-state index contributed by atoms with van der Waals surface area (Å²) in [5.74, 6) is -0.275. The summed E-state index contributed by atoms with van der Waals surface area (Å²) in [6.07, 6.45) is 6.51. The maximum Gasteiger partial charge on any atom is 0.257 e. The average Bonchev–Trinajstić information content (AvgIpc) is 2.61. The van der Waals surface area contributed by atoms with Crippen LogP contribution in [-0.2, 0) is 0 Å². The Morgan fingerprint density at radius 3 is 2.96 bits per heavy atom. The number of carbonyl (C=O) groups is 1. The number of hydrogen-bond donors (Lipinski definition) is 0. The summed E-state index contributed by atoms with van der Waals surface area (Å²) in [7, 11) is 0. The summed E-state index contributed by atoms with van der Waals surface area (Å²) in [6, 6.07) is 10.1. The first kappa shape index (κ1) is 16.0. The molecule has 0 unspecified atom stereocenters. The van der Waals surface area contributed by atoms with Gasteiger partial charge in [-0.2, -0.15) is 0 Å². The number of amides is 1.